The van der Waals surface area contributed by atoms with Gasteiger partial charge in [0.1, 0.15) is 11.5 Å². The number of anilines is 2. The Hall–Kier alpha value is -3.07. The first-order valence-electron chi connectivity index (χ1n) is 8.94. The molecule has 0 spiro atoms. The molecule has 9 nitrogen and oxygen atoms in total. The third-order valence-corrected chi connectivity index (χ3v) is 4.14. The summed E-state index contributed by atoms with van der Waals surface area (Å²) in [6.45, 7) is 5.62. The Balaban J connectivity index is 1.36. The summed E-state index contributed by atoms with van der Waals surface area (Å²) in [5, 5.41) is 7.29. The van der Waals surface area contributed by atoms with Crippen LogP contribution in [0.2, 0.25) is 0 Å². The predicted molar refractivity (Wildman–Crippen MR) is 99.5 cm³/mol. The number of ether oxygens (including phenoxy) is 1. The van der Waals surface area contributed by atoms with Crippen molar-refractivity contribution in [2.45, 2.75) is 13.3 Å². The van der Waals surface area contributed by atoms with Crippen LogP contribution in [0.25, 0.3) is 11.5 Å². The first-order valence-corrected chi connectivity index (χ1v) is 8.94. The van der Waals surface area contributed by atoms with Gasteiger partial charge in [-0.05, 0) is 19.1 Å². The molecular formula is C18H21N7O2. The molecule has 1 fully saturated rings. The summed E-state index contributed by atoms with van der Waals surface area (Å²) >= 11 is 0. The van der Waals surface area contributed by atoms with Crippen molar-refractivity contribution >= 4 is 11.8 Å². The topological polar surface area (TPSA) is 102 Å². The summed E-state index contributed by atoms with van der Waals surface area (Å²) in [6, 6.07) is 7.52. The molecule has 1 saturated heterocycles. The van der Waals surface area contributed by atoms with Gasteiger partial charge >= 0.3 is 0 Å². The van der Waals surface area contributed by atoms with Gasteiger partial charge in [-0.2, -0.15) is 9.97 Å². The van der Waals surface area contributed by atoms with Crippen molar-refractivity contribution in [3.63, 3.8) is 0 Å². The summed E-state index contributed by atoms with van der Waals surface area (Å²) in [5.41, 5.74) is 1.62. The van der Waals surface area contributed by atoms with Gasteiger partial charge in [0.15, 0.2) is 0 Å². The first kappa shape index (κ1) is 17.3. The first-order chi connectivity index (χ1) is 13.3. The Bertz CT molecular complexity index is 878. The van der Waals surface area contributed by atoms with Crippen LogP contribution in [0.1, 0.15) is 11.6 Å². The van der Waals surface area contributed by atoms with Gasteiger partial charge in [0, 0.05) is 44.0 Å². The predicted octanol–water partition coefficient (Wildman–Crippen LogP) is 1.72. The second-order valence-corrected chi connectivity index (χ2v) is 6.20. The monoisotopic (exact) mass is 367 g/mol. The molecule has 3 aromatic heterocycles. The minimum Gasteiger partial charge on any atom is -0.378 e. The van der Waals surface area contributed by atoms with Crippen LogP contribution in [-0.2, 0) is 11.2 Å². The van der Waals surface area contributed by atoms with E-state index in [0.29, 0.717) is 43.6 Å². The van der Waals surface area contributed by atoms with Crippen molar-refractivity contribution in [1.29, 1.82) is 0 Å². The number of rotatable bonds is 6. The average Bonchev–Trinajstić information content (AvgIpc) is 3.18. The molecule has 0 bridgehead atoms. The molecular weight excluding hydrogens is 346 g/mol. The Morgan fingerprint density at radius 1 is 1.15 bits per heavy atom. The molecule has 0 atom stereocenters. The fourth-order valence-corrected chi connectivity index (χ4v) is 2.80. The lowest BCUT2D eigenvalue weighted by Crippen LogP contribution is -2.37. The van der Waals surface area contributed by atoms with Crippen LogP contribution >= 0.6 is 0 Å². The standard InChI is InChI=1S/C18H21N7O2/c1-13-12-15(22-18(21-13)25-8-10-26-11-9-25)20-7-5-16-23-17(24-27-16)14-4-2-3-6-19-14/h2-4,6,12H,5,7-11H2,1H3,(H,20,21,22). The number of hydrogen-bond donors (Lipinski definition) is 1. The Kier molecular flexibility index (Phi) is 5.20. The molecule has 0 amide bonds. The number of aromatic nitrogens is 5. The number of pyridine rings is 1. The zero-order valence-electron chi connectivity index (χ0n) is 15.1. The smallest absolute Gasteiger partial charge is 0.228 e. The van der Waals surface area contributed by atoms with Crippen LogP contribution < -0.4 is 10.2 Å². The van der Waals surface area contributed by atoms with Gasteiger partial charge in [0.2, 0.25) is 17.7 Å². The summed E-state index contributed by atoms with van der Waals surface area (Å²) in [5.74, 6) is 2.57. The van der Waals surface area contributed by atoms with Gasteiger partial charge in [-0.15, -0.1) is 0 Å². The number of nitrogens with one attached hydrogen (secondary N) is 1. The largest absolute Gasteiger partial charge is 0.378 e. The van der Waals surface area contributed by atoms with E-state index in [9.17, 15) is 0 Å². The van der Waals surface area contributed by atoms with E-state index >= 15 is 0 Å². The molecule has 3 aromatic rings. The maximum Gasteiger partial charge on any atom is 0.228 e. The molecule has 0 aromatic carbocycles. The molecule has 1 N–H and O–H groups in total. The molecule has 0 aliphatic carbocycles. The van der Waals surface area contributed by atoms with E-state index in [1.54, 1.807) is 6.20 Å². The van der Waals surface area contributed by atoms with E-state index in [0.717, 1.165) is 30.5 Å². The fourth-order valence-electron chi connectivity index (χ4n) is 2.80. The molecule has 1 aliphatic heterocycles. The lowest BCUT2D eigenvalue weighted by molar-refractivity contribution is 0.122. The van der Waals surface area contributed by atoms with Crippen molar-refractivity contribution in [2.24, 2.45) is 0 Å². The summed E-state index contributed by atoms with van der Waals surface area (Å²) in [4.78, 5) is 19.9. The highest BCUT2D eigenvalue weighted by atomic mass is 16.5. The summed E-state index contributed by atoms with van der Waals surface area (Å²) in [7, 11) is 0. The number of nitrogens with zero attached hydrogens (tertiary/aromatic N) is 6. The lowest BCUT2D eigenvalue weighted by atomic mass is 10.3. The summed E-state index contributed by atoms with van der Waals surface area (Å²) < 4.78 is 10.7. The van der Waals surface area contributed by atoms with E-state index < -0.39 is 0 Å². The molecule has 140 valence electrons. The highest BCUT2D eigenvalue weighted by molar-refractivity contribution is 5.47. The second-order valence-electron chi connectivity index (χ2n) is 6.20. The van der Waals surface area contributed by atoms with Crippen molar-refractivity contribution in [1.82, 2.24) is 25.1 Å². The van der Waals surface area contributed by atoms with Gasteiger partial charge < -0.3 is 19.5 Å². The molecule has 0 saturated carbocycles. The van der Waals surface area contributed by atoms with E-state index in [4.69, 9.17) is 9.26 Å². The average molecular weight is 367 g/mol. The van der Waals surface area contributed by atoms with Crippen molar-refractivity contribution in [2.75, 3.05) is 43.1 Å². The Morgan fingerprint density at radius 3 is 2.85 bits per heavy atom. The quantitative estimate of drug-likeness (QED) is 0.697. The normalized spacial score (nSPS) is 14.3. The van der Waals surface area contributed by atoms with Crippen LogP contribution in [0.4, 0.5) is 11.8 Å². The zero-order valence-corrected chi connectivity index (χ0v) is 15.1. The maximum absolute atomic E-state index is 5.39. The van der Waals surface area contributed by atoms with Crippen LogP contribution in [0.5, 0.6) is 0 Å². The Labute approximate surface area is 156 Å². The third-order valence-electron chi connectivity index (χ3n) is 4.14. The lowest BCUT2D eigenvalue weighted by Gasteiger charge is -2.27. The van der Waals surface area contributed by atoms with Crippen LogP contribution in [0.3, 0.4) is 0 Å². The molecule has 0 radical (unpaired) electrons. The molecule has 1 aliphatic rings. The molecule has 0 unspecified atom stereocenters. The Morgan fingerprint density at radius 2 is 2.04 bits per heavy atom. The fraction of sp³-hybridized carbons (Fsp3) is 0.389. The van der Waals surface area contributed by atoms with Crippen LogP contribution in [-0.4, -0.2) is 57.9 Å². The minimum atomic E-state index is 0.498. The van der Waals surface area contributed by atoms with Crippen molar-refractivity contribution in [3.05, 3.63) is 42.0 Å². The van der Waals surface area contributed by atoms with Gasteiger partial charge in [-0.3, -0.25) is 4.98 Å². The van der Waals surface area contributed by atoms with Crippen molar-refractivity contribution in [3.8, 4) is 11.5 Å². The zero-order chi connectivity index (χ0) is 18.5. The van der Waals surface area contributed by atoms with E-state index in [-0.39, 0.29) is 0 Å². The maximum atomic E-state index is 5.39. The molecule has 27 heavy (non-hydrogen) atoms. The van der Waals surface area contributed by atoms with E-state index in [2.05, 4.69) is 35.3 Å². The van der Waals surface area contributed by atoms with Gasteiger partial charge in [0.25, 0.3) is 0 Å². The molecule has 4 rings (SSSR count). The van der Waals surface area contributed by atoms with Gasteiger partial charge in [-0.25, -0.2) is 4.98 Å². The minimum absolute atomic E-state index is 0.498. The highest BCUT2D eigenvalue weighted by Gasteiger charge is 2.15. The number of morpholine rings is 1. The van der Waals surface area contributed by atoms with Crippen LogP contribution in [0.15, 0.2) is 35.0 Å². The number of aryl methyl sites for hydroxylation is 1. The highest BCUT2D eigenvalue weighted by Crippen LogP contribution is 2.16. The number of hydrogen-bond acceptors (Lipinski definition) is 9. The van der Waals surface area contributed by atoms with Gasteiger partial charge in [-0.1, -0.05) is 11.2 Å². The molecule has 4 heterocycles. The van der Waals surface area contributed by atoms with Crippen molar-refractivity contribution < 1.29 is 9.26 Å². The van der Waals surface area contributed by atoms with Gasteiger partial charge in [0.05, 0.1) is 13.2 Å². The SMILES string of the molecule is Cc1cc(NCCc2nc(-c3ccccn3)no2)nc(N2CCOCC2)n1. The van der Waals surface area contributed by atoms with E-state index in [1.165, 1.54) is 0 Å². The second kappa shape index (κ2) is 8.09. The molecule has 9 heteroatoms. The van der Waals surface area contributed by atoms with E-state index in [1.807, 2.05) is 31.2 Å². The summed E-state index contributed by atoms with van der Waals surface area (Å²) in [6.07, 6.45) is 2.30. The third kappa shape index (κ3) is 4.37. The van der Waals surface area contributed by atoms with Crippen LogP contribution in [0, 0.1) is 6.92 Å².